The molecule has 2 N–H and O–H groups in total. The highest BCUT2D eigenvalue weighted by Gasteiger charge is 2.14. The molecule has 0 saturated heterocycles. The summed E-state index contributed by atoms with van der Waals surface area (Å²) < 4.78 is 10.1. The lowest BCUT2D eigenvalue weighted by molar-refractivity contribution is -0.119. The standard InChI is InChI=1S/C9H21NO3/c1-7(11)5-6-10-8(2)9(12-3)13-4/h7-11H,5-6H2,1-4H3. The van der Waals surface area contributed by atoms with Gasteiger partial charge in [-0.25, -0.2) is 0 Å². The summed E-state index contributed by atoms with van der Waals surface area (Å²) in [6, 6.07) is 0.133. The molecule has 13 heavy (non-hydrogen) atoms. The largest absolute Gasteiger partial charge is 0.393 e. The molecule has 0 rings (SSSR count). The lowest BCUT2D eigenvalue weighted by atomic mass is 10.2. The zero-order valence-corrected chi connectivity index (χ0v) is 8.91. The van der Waals surface area contributed by atoms with Gasteiger partial charge in [0.2, 0.25) is 0 Å². The summed E-state index contributed by atoms with van der Waals surface area (Å²) >= 11 is 0. The van der Waals surface area contributed by atoms with E-state index >= 15 is 0 Å². The van der Waals surface area contributed by atoms with E-state index in [1.165, 1.54) is 0 Å². The third-order valence-electron chi connectivity index (χ3n) is 1.90. The summed E-state index contributed by atoms with van der Waals surface area (Å²) in [5, 5.41) is 12.2. The molecule has 0 radical (unpaired) electrons. The van der Waals surface area contributed by atoms with E-state index < -0.39 is 0 Å². The highest BCUT2D eigenvalue weighted by atomic mass is 16.7. The summed E-state index contributed by atoms with van der Waals surface area (Å²) in [5.41, 5.74) is 0. The smallest absolute Gasteiger partial charge is 0.171 e. The molecule has 0 aromatic carbocycles. The van der Waals surface area contributed by atoms with E-state index in [0.29, 0.717) is 0 Å². The van der Waals surface area contributed by atoms with Crippen LogP contribution >= 0.6 is 0 Å². The van der Waals surface area contributed by atoms with Crippen molar-refractivity contribution in [2.45, 2.75) is 38.7 Å². The van der Waals surface area contributed by atoms with Crippen molar-refractivity contribution in [2.75, 3.05) is 20.8 Å². The minimum absolute atomic E-state index is 0.133. The highest BCUT2D eigenvalue weighted by molar-refractivity contribution is 4.65. The third-order valence-corrected chi connectivity index (χ3v) is 1.90. The Bertz CT molecular complexity index is 115. The molecule has 4 nitrogen and oxygen atoms in total. The van der Waals surface area contributed by atoms with Gasteiger partial charge < -0.3 is 19.9 Å². The number of aliphatic hydroxyl groups is 1. The van der Waals surface area contributed by atoms with Gasteiger partial charge in [-0.3, -0.25) is 0 Å². The Morgan fingerprint density at radius 2 is 1.77 bits per heavy atom. The Balaban J connectivity index is 3.53. The predicted molar refractivity (Wildman–Crippen MR) is 51.6 cm³/mol. The molecule has 0 heterocycles. The van der Waals surface area contributed by atoms with Crippen molar-refractivity contribution in [3.8, 4) is 0 Å². The van der Waals surface area contributed by atoms with E-state index in [1.54, 1.807) is 21.1 Å². The number of rotatable bonds is 7. The maximum Gasteiger partial charge on any atom is 0.171 e. The van der Waals surface area contributed by atoms with Crippen molar-refractivity contribution in [2.24, 2.45) is 0 Å². The number of methoxy groups -OCH3 is 2. The van der Waals surface area contributed by atoms with Crippen molar-refractivity contribution in [1.82, 2.24) is 5.32 Å². The maximum absolute atomic E-state index is 9.02. The van der Waals surface area contributed by atoms with Crippen molar-refractivity contribution in [3.63, 3.8) is 0 Å². The number of ether oxygens (including phenoxy) is 2. The average molecular weight is 191 g/mol. The first-order valence-electron chi connectivity index (χ1n) is 4.58. The molecule has 0 amide bonds. The molecule has 0 fully saturated rings. The van der Waals surface area contributed by atoms with Gasteiger partial charge in [-0.1, -0.05) is 0 Å². The van der Waals surface area contributed by atoms with Gasteiger partial charge in [0, 0.05) is 14.2 Å². The van der Waals surface area contributed by atoms with Crippen LogP contribution in [0.25, 0.3) is 0 Å². The molecule has 80 valence electrons. The molecular formula is C9H21NO3. The summed E-state index contributed by atoms with van der Waals surface area (Å²) in [6.07, 6.45) is 0.252. The van der Waals surface area contributed by atoms with E-state index in [1.807, 2.05) is 6.92 Å². The van der Waals surface area contributed by atoms with Crippen molar-refractivity contribution >= 4 is 0 Å². The SMILES string of the molecule is COC(OC)C(C)NCCC(C)O. The van der Waals surface area contributed by atoms with Crippen LogP contribution in [0.5, 0.6) is 0 Å². The third kappa shape index (κ3) is 5.99. The van der Waals surface area contributed by atoms with Crippen LogP contribution in [0, 0.1) is 0 Å². The molecule has 0 aliphatic carbocycles. The van der Waals surface area contributed by atoms with Crippen molar-refractivity contribution < 1.29 is 14.6 Å². The van der Waals surface area contributed by atoms with Crippen LogP contribution in [0.3, 0.4) is 0 Å². The second kappa shape index (κ2) is 7.26. The fourth-order valence-electron chi connectivity index (χ4n) is 1.12. The molecule has 0 aliphatic heterocycles. The molecule has 0 saturated carbocycles. The molecular weight excluding hydrogens is 170 g/mol. The Labute approximate surface area is 80.2 Å². The number of nitrogens with one attached hydrogen (secondary N) is 1. The molecule has 0 bridgehead atoms. The van der Waals surface area contributed by atoms with Crippen LogP contribution < -0.4 is 5.32 Å². The highest BCUT2D eigenvalue weighted by Crippen LogP contribution is 1.98. The first-order chi connectivity index (χ1) is 6.11. The monoisotopic (exact) mass is 191 g/mol. The van der Waals surface area contributed by atoms with Crippen LogP contribution in [0.15, 0.2) is 0 Å². The Morgan fingerprint density at radius 3 is 2.15 bits per heavy atom. The minimum atomic E-state index is -0.261. The zero-order valence-electron chi connectivity index (χ0n) is 8.91. The first-order valence-corrected chi connectivity index (χ1v) is 4.58. The Hall–Kier alpha value is -0.160. The van der Waals surface area contributed by atoms with Gasteiger partial charge in [0.15, 0.2) is 6.29 Å². The van der Waals surface area contributed by atoms with Crippen LogP contribution in [0.4, 0.5) is 0 Å². The van der Waals surface area contributed by atoms with Crippen LogP contribution in [-0.4, -0.2) is 44.3 Å². The summed E-state index contributed by atoms with van der Waals surface area (Å²) in [5.74, 6) is 0. The summed E-state index contributed by atoms with van der Waals surface area (Å²) in [4.78, 5) is 0. The Morgan fingerprint density at radius 1 is 1.23 bits per heavy atom. The number of hydrogen-bond acceptors (Lipinski definition) is 4. The zero-order chi connectivity index (χ0) is 10.3. The fourth-order valence-corrected chi connectivity index (χ4v) is 1.12. The van der Waals surface area contributed by atoms with Gasteiger partial charge in [-0.15, -0.1) is 0 Å². The fraction of sp³-hybridized carbons (Fsp3) is 1.00. The van der Waals surface area contributed by atoms with Crippen molar-refractivity contribution in [1.29, 1.82) is 0 Å². The van der Waals surface area contributed by atoms with Crippen molar-refractivity contribution in [3.05, 3.63) is 0 Å². The lowest BCUT2D eigenvalue weighted by Gasteiger charge is -2.22. The van der Waals surface area contributed by atoms with E-state index in [2.05, 4.69) is 5.32 Å². The first kappa shape index (κ1) is 12.8. The lowest BCUT2D eigenvalue weighted by Crippen LogP contribution is -2.40. The van der Waals surface area contributed by atoms with E-state index in [0.717, 1.165) is 13.0 Å². The quantitative estimate of drug-likeness (QED) is 0.570. The van der Waals surface area contributed by atoms with Gasteiger partial charge >= 0.3 is 0 Å². The molecule has 2 unspecified atom stereocenters. The number of aliphatic hydroxyl groups excluding tert-OH is 1. The number of hydrogen-bond donors (Lipinski definition) is 2. The predicted octanol–water partition coefficient (Wildman–Crippen LogP) is 0.354. The molecule has 0 spiro atoms. The molecule has 0 aliphatic rings. The normalized spacial score (nSPS) is 16.2. The molecule has 0 aromatic heterocycles. The van der Waals surface area contributed by atoms with E-state index in [4.69, 9.17) is 14.6 Å². The van der Waals surface area contributed by atoms with Crippen LogP contribution in [-0.2, 0) is 9.47 Å². The van der Waals surface area contributed by atoms with Gasteiger partial charge in [0.1, 0.15) is 0 Å². The Kier molecular flexibility index (Phi) is 7.17. The summed E-state index contributed by atoms with van der Waals surface area (Å²) in [7, 11) is 3.22. The summed E-state index contributed by atoms with van der Waals surface area (Å²) in [6.45, 7) is 4.53. The van der Waals surface area contributed by atoms with Gasteiger partial charge in [-0.2, -0.15) is 0 Å². The average Bonchev–Trinajstić information content (AvgIpc) is 2.05. The molecule has 0 aromatic rings. The molecule has 2 atom stereocenters. The minimum Gasteiger partial charge on any atom is -0.393 e. The maximum atomic E-state index is 9.02. The second-order valence-corrected chi connectivity index (χ2v) is 3.22. The molecule has 4 heteroatoms. The van der Waals surface area contributed by atoms with Crippen LogP contribution in [0.1, 0.15) is 20.3 Å². The van der Waals surface area contributed by atoms with Gasteiger partial charge in [0.05, 0.1) is 12.1 Å². The van der Waals surface area contributed by atoms with Gasteiger partial charge in [0.25, 0.3) is 0 Å². The van der Waals surface area contributed by atoms with E-state index in [9.17, 15) is 0 Å². The second-order valence-electron chi connectivity index (χ2n) is 3.22. The van der Waals surface area contributed by atoms with Crippen LogP contribution in [0.2, 0.25) is 0 Å². The topological polar surface area (TPSA) is 50.7 Å². The van der Waals surface area contributed by atoms with E-state index in [-0.39, 0.29) is 18.4 Å². The van der Waals surface area contributed by atoms with Gasteiger partial charge in [-0.05, 0) is 26.8 Å².